The molecule has 2 fully saturated rings. The molecule has 2 aromatic rings. The second-order valence-electron chi connectivity index (χ2n) is 8.86. The van der Waals surface area contributed by atoms with Gasteiger partial charge in [-0.2, -0.15) is 0 Å². The number of carbonyl (C=O) groups is 1. The third kappa shape index (κ3) is 2.81. The van der Waals surface area contributed by atoms with Crippen LogP contribution in [0.5, 0.6) is 0 Å². The molecule has 170 valence electrons. The minimum Gasteiger partial charge on any atom is -0.477 e. The molecule has 0 radical (unpaired) electrons. The number of halogens is 2. The number of pyridine rings is 1. The summed E-state index contributed by atoms with van der Waals surface area (Å²) >= 11 is 0. The van der Waals surface area contributed by atoms with E-state index in [4.69, 9.17) is 10.6 Å². The van der Waals surface area contributed by atoms with Crippen LogP contribution in [0.25, 0.3) is 10.9 Å². The first-order valence-corrected chi connectivity index (χ1v) is 10.2. The summed E-state index contributed by atoms with van der Waals surface area (Å²) in [5.74, 6) is -3.50. The van der Waals surface area contributed by atoms with E-state index >= 15 is 8.78 Å². The van der Waals surface area contributed by atoms with Gasteiger partial charge in [-0.25, -0.2) is 13.6 Å². The van der Waals surface area contributed by atoms with Crippen molar-refractivity contribution < 1.29 is 23.5 Å². The minimum atomic E-state index is -1.47. The molecule has 1 aliphatic carbocycles. The van der Waals surface area contributed by atoms with Crippen LogP contribution in [-0.4, -0.2) is 54.3 Å². The van der Waals surface area contributed by atoms with E-state index in [2.05, 4.69) is 10.4 Å². The Bertz CT molecular complexity index is 1250. The molecule has 9 nitrogen and oxygen atoms in total. The molecule has 0 unspecified atom stereocenters. The van der Waals surface area contributed by atoms with Crippen molar-refractivity contribution in [3.8, 4) is 0 Å². The Kier molecular flexibility index (Phi) is 4.47. The largest absolute Gasteiger partial charge is 0.477 e. The average Bonchev–Trinajstić information content (AvgIpc) is 3.49. The van der Waals surface area contributed by atoms with E-state index in [0.717, 1.165) is 6.20 Å². The van der Waals surface area contributed by atoms with E-state index in [-0.39, 0.29) is 22.7 Å². The summed E-state index contributed by atoms with van der Waals surface area (Å²) in [6, 6.07) is -0.171. The van der Waals surface area contributed by atoms with Crippen molar-refractivity contribution in [2.24, 2.45) is 5.41 Å². The SMILES string of the molecule is CONC1=CN(c2c(F)c(N)c3c(=O)c(C(=O)O)cn(C4CC4)c3c2F)CC12CN(C)C2. The van der Waals surface area contributed by atoms with E-state index in [1.54, 1.807) is 6.20 Å². The maximum absolute atomic E-state index is 16.0. The third-order valence-corrected chi connectivity index (χ3v) is 6.51. The van der Waals surface area contributed by atoms with Gasteiger partial charge < -0.3 is 25.2 Å². The number of nitrogens with one attached hydrogen (secondary N) is 1. The van der Waals surface area contributed by atoms with Gasteiger partial charge >= 0.3 is 5.97 Å². The van der Waals surface area contributed by atoms with Crippen LogP contribution in [0.3, 0.4) is 0 Å². The number of hydrogen-bond donors (Lipinski definition) is 3. The highest BCUT2D eigenvalue weighted by molar-refractivity contribution is 6.00. The number of aromatic nitrogens is 1. The van der Waals surface area contributed by atoms with Gasteiger partial charge in [0.05, 0.1) is 34.8 Å². The molecule has 11 heteroatoms. The molecule has 0 bridgehead atoms. The number of carboxylic acid groups (broad SMARTS) is 1. The van der Waals surface area contributed by atoms with Crippen LogP contribution in [0, 0.1) is 17.0 Å². The zero-order chi connectivity index (χ0) is 22.9. The van der Waals surface area contributed by atoms with Crippen LogP contribution >= 0.6 is 0 Å². The van der Waals surface area contributed by atoms with E-state index in [0.29, 0.717) is 38.2 Å². The van der Waals surface area contributed by atoms with Gasteiger partial charge in [0.25, 0.3) is 0 Å². The summed E-state index contributed by atoms with van der Waals surface area (Å²) < 4.78 is 32.8. The number of nitrogens with zero attached hydrogens (tertiary/aromatic N) is 3. The molecule has 1 aromatic carbocycles. The lowest BCUT2D eigenvalue weighted by molar-refractivity contribution is 0.0262. The molecule has 3 aliphatic rings. The minimum absolute atomic E-state index is 0.169. The zero-order valence-electron chi connectivity index (χ0n) is 17.6. The second kappa shape index (κ2) is 6.91. The maximum atomic E-state index is 16.0. The number of anilines is 2. The number of fused-ring (bicyclic) bond motifs is 1. The van der Waals surface area contributed by atoms with Crippen LogP contribution in [0.2, 0.25) is 0 Å². The first-order valence-electron chi connectivity index (χ1n) is 10.2. The van der Waals surface area contributed by atoms with Gasteiger partial charge in [-0.05, 0) is 19.9 Å². The molecule has 0 amide bonds. The van der Waals surface area contributed by atoms with Gasteiger partial charge in [0.1, 0.15) is 11.3 Å². The maximum Gasteiger partial charge on any atom is 0.341 e. The Balaban J connectivity index is 1.74. The quantitative estimate of drug-likeness (QED) is 0.468. The summed E-state index contributed by atoms with van der Waals surface area (Å²) in [7, 11) is 3.41. The Morgan fingerprint density at radius 1 is 1.28 bits per heavy atom. The second-order valence-corrected chi connectivity index (χ2v) is 8.86. The lowest BCUT2D eigenvalue weighted by Crippen LogP contribution is -2.59. The summed E-state index contributed by atoms with van der Waals surface area (Å²) in [6.45, 7) is 1.64. The first kappa shape index (κ1) is 20.7. The fourth-order valence-electron chi connectivity index (χ4n) is 4.99. The lowest BCUT2D eigenvalue weighted by atomic mass is 9.79. The van der Waals surface area contributed by atoms with Gasteiger partial charge in [-0.15, -0.1) is 0 Å². The molecule has 4 N–H and O–H groups in total. The monoisotopic (exact) mass is 447 g/mol. The van der Waals surface area contributed by atoms with Crippen LogP contribution in [0.1, 0.15) is 29.2 Å². The van der Waals surface area contributed by atoms with Crippen molar-refractivity contribution >= 4 is 28.2 Å². The van der Waals surface area contributed by atoms with Gasteiger partial charge in [0.15, 0.2) is 11.6 Å². The Morgan fingerprint density at radius 3 is 2.53 bits per heavy atom. The number of likely N-dealkylation sites (tertiary alicyclic amines) is 1. The molecule has 0 atom stereocenters. The molecule has 1 saturated heterocycles. The van der Waals surface area contributed by atoms with E-state index in [1.165, 1.54) is 16.6 Å². The molecular formula is C21H23F2N5O4. The molecule has 1 saturated carbocycles. The number of rotatable bonds is 5. The topological polar surface area (TPSA) is 113 Å². The smallest absolute Gasteiger partial charge is 0.341 e. The molecule has 1 aromatic heterocycles. The summed E-state index contributed by atoms with van der Waals surface area (Å²) in [5.41, 5.74) is 6.47. The number of hydrogen-bond acceptors (Lipinski definition) is 7. The molecule has 3 heterocycles. The van der Waals surface area contributed by atoms with Crippen LogP contribution in [0.4, 0.5) is 20.2 Å². The van der Waals surface area contributed by atoms with Crippen molar-refractivity contribution in [1.82, 2.24) is 14.9 Å². The Morgan fingerprint density at radius 2 is 1.97 bits per heavy atom. The first-order chi connectivity index (χ1) is 15.2. The Hall–Kier alpha value is -3.18. The predicted octanol–water partition coefficient (Wildman–Crippen LogP) is 1.64. The number of hydroxylamine groups is 1. The van der Waals surface area contributed by atoms with Crippen molar-refractivity contribution in [3.05, 3.63) is 45.5 Å². The number of nitrogens with two attached hydrogens (primary N) is 1. The highest BCUT2D eigenvalue weighted by Crippen LogP contribution is 2.46. The molecular weight excluding hydrogens is 424 g/mol. The summed E-state index contributed by atoms with van der Waals surface area (Å²) in [6.07, 6.45) is 4.12. The summed E-state index contributed by atoms with van der Waals surface area (Å²) in [5, 5.41) is 8.98. The zero-order valence-corrected chi connectivity index (χ0v) is 17.6. The number of nitrogen functional groups attached to an aromatic ring is 1. The van der Waals surface area contributed by atoms with Crippen molar-refractivity contribution in [2.45, 2.75) is 18.9 Å². The van der Waals surface area contributed by atoms with Crippen LogP contribution in [0.15, 0.2) is 22.9 Å². The van der Waals surface area contributed by atoms with Crippen LogP contribution in [-0.2, 0) is 4.84 Å². The highest BCUT2D eigenvalue weighted by Gasteiger charge is 2.50. The van der Waals surface area contributed by atoms with Crippen molar-refractivity contribution in [2.75, 3.05) is 44.4 Å². The summed E-state index contributed by atoms with van der Waals surface area (Å²) in [4.78, 5) is 33.0. The van der Waals surface area contributed by atoms with Crippen molar-refractivity contribution in [1.29, 1.82) is 0 Å². The predicted molar refractivity (Wildman–Crippen MR) is 113 cm³/mol. The van der Waals surface area contributed by atoms with E-state index in [1.807, 2.05) is 7.05 Å². The number of benzene rings is 1. The Labute approximate surface area is 181 Å². The van der Waals surface area contributed by atoms with Gasteiger partial charge in [-0.3, -0.25) is 15.1 Å². The average molecular weight is 447 g/mol. The molecule has 32 heavy (non-hydrogen) atoms. The van der Waals surface area contributed by atoms with Gasteiger partial charge in [0.2, 0.25) is 5.43 Å². The fourth-order valence-corrected chi connectivity index (χ4v) is 4.99. The molecule has 5 rings (SSSR count). The van der Waals surface area contributed by atoms with Crippen LogP contribution < -0.4 is 21.5 Å². The van der Waals surface area contributed by atoms with Gasteiger partial charge in [0, 0.05) is 38.1 Å². The lowest BCUT2D eigenvalue weighted by Gasteiger charge is -2.47. The normalized spacial score (nSPS) is 20.0. The van der Waals surface area contributed by atoms with Gasteiger partial charge in [-0.1, -0.05) is 0 Å². The number of aromatic carboxylic acids is 1. The van der Waals surface area contributed by atoms with E-state index in [9.17, 15) is 14.7 Å². The highest BCUT2D eigenvalue weighted by atomic mass is 19.1. The molecule has 2 aliphatic heterocycles. The third-order valence-electron chi connectivity index (χ3n) is 6.51. The standard InChI is InChI=1S/C21H23F2N5O4/c1-26-7-21(8-26)9-27(6-12(21)25-32-2)18-14(22)16(24)13-17(15(18)23)28(10-3-4-10)5-11(19(13)29)20(30)31/h5-6,10,25H,3-4,7-9,24H2,1-2H3,(H,30,31). The molecule has 1 spiro atoms. The van der Waals surface area contributed by atoms with Crippen molar-refractivity contribution in [3.63, 3.8) is 0 Å². The number of carboxylic acids is 1. The fraction of sp³-hybridized carbons (Fsp3) is 0.429. The van der Waals surface area contributed by atoms with E-state index < -0.39 is 39.7 Å².